The van der Waals surface area contributed by atoms with Gasteiger partial charge >= 0.3 is 6.03 Å². The molecule has 1 rings (SSSR count). The summed E-state index contributed by atoms with van der Waals surface area (Å²) in [4.78, 5) is 13.3. The minimum atomic E-state index is 0.0677. The summed E-state index contributed by atoms with van der Waals surface area (Å²) in [7, 11) is 0. The Morgan fingerprint density at radius 1 is 1.54 bits per heavy atom. The molecule has 0 aromatic heterocycles. The number of nitrogens with zero attached hydrogens (tertiary/aromatic N) is 1. The summed E-state index contributed by atoms with van der Waals surface area (Å²) in [5.74, 6) is 0. The molecule has 0 radical (unpaired) electrons. The molecular weight excluding hydrogens is 166 g/mol. The highest BCUT2D eigenvalue weighted by Crippen LogP contribution is 2.06. The Labute approximate surface area is 79.5 Å². The van der Waals surface area contributed by atoms with Crippen LogP contribution < -0.4 is 11.1 Å². The quantitative estimate of drug-likeness (QED) is 0.674. The lowest BCUT2D eigenvalue weighted by Gasteiger charge is -2.16. The summed E-state index contributed by atoms with van der Waals surface area (Å²) in [5.41, 5.74) is 5.57. The largest absolute Gasteiger partial charge is 0.338 e. The molecule has 0 aromatic carbocycles. The Kier molecular flexibility index (Phi) is 4.02. The maximum absolute atomic E-state index is 11.4. The SMILES string of the molecule is CC(N)CCNC(=O)N1CCCC1. The molecule has 0 aliphatic carbocycles. The zero-order valence-corrected chi connectivity index (χ0v) is 8.25. The Hall–Kier alpha value is -0.770. The van der Waals surface area contributed by atoms with E-state index < -0.39 is 0 Å². The third-order valence-corrected chi connectivity index (χ3v) is 2.27. The minimum absolute atomic E-state index is 0.0677. The number of carbonyl (C=O) groups excluding carboxylic acids is 1. The smallest absolute Gasteiger partial charge is 0.317 e. The maximum Gasteiger partial charge on any atom is 0.317 e. The van der Waals surface area contributed by atoms with Gasteiger partial charge in [-0.15, -0.1) is 0 Å². The van der Waals surface area contributed by atoms with Crippen LogP contribution in [0.2, 0.25) is 0 Å². The first kappa shape index (κ1) is 10.3. The Morgan fingerprint density at radius 3 is 2.69 bits per heavy atom. The Morgan fingerprint density at radius 2 is 2.15 bits per heavy atom. The van der Waals surface area contributed by atoms with E-state index in [0.29, 0.717) is 6.54 Å². The first-order valence-electron chi connectivity index (χ1n) is 4.98. The number of urea groups is 1. The van der Waals surface area contributed by atoms with Crippen LogP contribution >= 0.6 is 0 Å². The molecule has 3 N–H and O–H groups in total. The van der Waals surface area contributed by atoms with Crippen LogP contribution in [-0.2, 0) is 0 Å². The molecule has 76 valence electrons. The first-order chi connectivity index (χ1) is 6.20. The number of nitrogens with two attached hydrogens (primary N) is 1. The van der Waals surface area contributed by atoms with Crippen molar-refractivity contribution in [3.63, 3.8) is 0 Å². The molecule has 0 aromatic rings. The van der Waals surface area contributed by atoms with Gasteiger partial charge in [0.15, 0.2) is 0 Å². The molecule has 4 heteroatoms. The van der Waals surface area contributed by atoms with E-state index in [1.807, 2.05) is 11.8 Å². The molecule has 0 bridgehead atoms. The van der Waals surface area contributed by atoms with Crippen LogP contribution in [0.3, 0.4) is 0 Å². The van der Waals surface area contributed by atoms with E-state index in [2.05, 4.69) is 5.32 Å². The number of carbonyl (C=O) groups is 1. The van der Waals surface area contributed by atoms with E-state index in [1.54, 1.807) is 0 Å². The lowest BCUT2D eigenvalue weighted by molar-refractivity contribution is 0.208. The topological polar surface area (TPSA) is 58.4 Å². The van der Waals surface area contributed by atoms with Crippen molar-refractivity contribution < 1.29 is 4.79 Å². The summed E-state index contributed by atoms with van der Waals surface area (Å²) in [6.07, 6.45) is 3.13. The van der Waals surface area contributed by atoms with Crippen LogP contribution in [0.15, 0.2) is 0 Å². The van der Waals surface area contributed by atoms with E-state index in [4.69, 9.17) is 5.73 Å². The standard InChI is InChI=1S/C9H19N3O/c1-8(10)4-5-11-9(13)12-6-2-3-7-12/h8H,2-7,10H2,1H3,(H,11,13). The molecular formula is C9H19N3O. The van der Waals surface area contributed by atoms with Crippen molar-refractivity contribution in [2.45, 2.75) is 32.2 Å². The monoisotopic (exact) mass is 185 g/mol. The van der Waals surface area contributed by atoms with Gasteiger partial charge < -0.3 is 16.0 Å². The molecule has 1 fully saturated rings. The fourth-order valence-electron chi connectivity index (χ4n) is 1.44. The molecule has 0 saturated carbocycles. The predicted octanol–water partition coefficient (Wildman–Crippen LogP) is 0.529. The van der Waals surface area contributed by atoms with E-state index >= 15 is 0 Å². The van der Waals surface area contributed by atoms with Crippen molar-refractivity contribution in [2.75, 3.05) is 19.6 Å². The second-order valence-corrected chi connectivity index (χ2v) is 3.69. The van der Waals surface area contributed by atoms with Gasteiger partial charge in [0.25, 0.3) is 0 Å². The van der Waals surface area contributed by atoms with Crippen molar-refractivity contribution in [3.05, 3.63) is 0 Å². The van der Waals surface area contributed by atoms with Crippen molar-refractivity contribution in [1.29, 1.82) is 0 Å². The van der Waals surface area contributed by atoms with E-state index in [0.717, 1.165) is 32.4 Å². The van der Waals surface area contributed by atoms with Gasteiger partial charge in [0.2, 0.25) is 0 Å². The van der Waals surface area contributed by atoms with E-state index in [9.17, 15) is 4.79 Å². The number of likely N-dealkylation sites (tertiary alicyclic amines) is 1. The molecule has 1 aliphatic rings. The molecule has 1 aliphatic heterocycles. The summed E-state index contributed by atoms with van der Waals surface area (Å²) in [6, 6.07) is 0.233. The second kappa shape index (κ2) is 5.07. The highest BCUT2D eigenvalue weighted by molar-refractivity contribution is 5.74. The van der Waals surface area contributed by atoms with Crippen molar-refractivity contribution in [3.8, 4) is 0 Å². The van der Waals surface area contributed by atoms with Gasteiger partial charge in [0, 0.05) is 25.7 Å². The molecule has 1 heterocycles. The predicted molar refractivity (Wildman–Crippen MR) is 52.5 cm³/mol. The molecule has 1 saturated heterocycles. The van der Waals surface area contributed by atoms with Crippen LogP contribution in [0.25, 0.3) is 0 Å². The van der Waals surface area contributed by atoms with Gasteiger partial charge in [0.05, 0.1) is 0 Å². The summed E-state index contributed by atoms with van der Waals surface area (Å²) >= 11 is 0. The maximum atomic E-state index is 11.4. The lowest BCUT2D eigenvalue weighted by atomic mass is 10.2. The van der Waals surface area contributed by atoms with Crippen LogP contribution in [0.4, 0.5) is 4.79 Å². The summed E-state index contributed by atoms with van der Waals surface area (Å²) < 4.78 is 0. The minimum Gasteiger partial charge on any atom is -0.338 e. The Balaban J connectivity index is 2.10. The first-order valence-corrected chi connectivity index (χ1v) is 4.98. The summed E-state index contributed by atoms with van der Waals surface area (Å²) in [5, 5.41) is 2.86. The zero-order valence-electron chi connectivity index (χ0n) is 8.25. The highest BCUT2D eigenvalue weighted by Gasteiger charge is 2.16. The van der Waals surface area contributed by atoms with Gasteiger partial charge in [-0.3, -0.25) is 0 Å². The van der Waals surface area contributed by atoms with Gasteiger partial charge in [-0.1, -0.05) is 0 Å². The number of amides is 2. The number of nitrogens with one attached hydrogen (secondary N) is 1. The van der Waals surface area contributed by atoms with Crippen LogP contribution in [0, 0.1) is 0 Å². The van der Waals surface area contributed by atoms with Gasteiger partial charge in [-0.05, 0) is 26.2 Å². The lowest BCUT2D eigenvalue weighted by Crippen LogP contribution is -2.39. The highest BCUT2D eigenvalue weighted by atomic mass is 16.2. The fraction of sp³-hybridized carbons (Fsp3) is 0.889. The zero-order chi connectivity index (χ0) is 9.68. The molecule has 0 spiro atoms. The number of rotatable bonds is 3. The third-order valence-electron chi connectivity index (χ3n) is 2.27. The van der Waals surface area contributed by atoms with Crippen LogP contribution in [-0.4, -0.2) is 36.6 Å². The van der Waals surface area contributed by atoms with Crippen LogP contribution in [0.5, 0.6) is 0 Å². The van der Waals surface area contributed by atoms with Crippen molar-refractivity contribution in [1.82, 2.24) is 10.2 Å². The van der Waals surface area contributed by atoms with Crippen molar-refractivity contribution >= 4 is 6.03 Å². The van der Waals surface area contributed by atoms with E-state index in [-0.39, 0.29) is 12.1 Å². The normalized spacial score (nSPS) is 18.8. The fourth-order valence-corrected chi connectivity index (χ4v) is 1.44. The average molecular weight is 185 g/mol. The molecule has 1 atom stereocenters. The molecule has 2 amide bonds. The number of hydrogen-bond acceptors (Lipinski definition) is 2. The van der Waals surface area contributed by atoms with Crippen molar-refractivity contribution in [2.24, 2.45) is 5.73 Å². The molecule has 4 nitrogen and oxygen atoms in total. The van der Waals surface area contributed by atoms with Crippen LogP contribution in [0.1, 0.15) is 26.2 Å². The average Bonchev–Trinajstić information content (AvgIpc) is 2.55. The second-order valence-electron chi connectivity index (χ2n) is 3.69. The van der Waals surface area contributed by atoms with Gasteiger partial charge in [0.1, 0.15) is 0 Å². The molecule has 13 heavy (non-hydrogen) atoms. The third kappa shape index (κ3) is 3.63. The van der Waals surface area contributed by atoms with Gasteiger partial charge in [-0.2, -0.15) is 0 Å². The Bertz CT molecular complexity index is 164. The van der Waals surface area contributed by atoms with Gasteiger partial charge in [-0.25, -0.2) is 4.79 Å². The van der Waals surface area contributed by atoms with E-state index in [1.165, 1.54) is 0 Å². The summed E-state index contributed by atoms with van der Waals surface area (Å²) in [6.45, 7) is 4.45. The molecule has 1 unspecified atom stereocenters. The number of hydrogen-bond donors (Lipinski definition) is 2.